The topological polar surface area (TPSA) is 61.0 Å². The highest BCUT2D eigenvalue weighted by Gasteiger charge is 2.42. The van der Waals surface area contributed by atoms with E-state index < -0.39 is 0 Å². The molecule has 0 bridgehead atoms. The van der Waals surface area contributed by atoms with Gasteiger partial charge in [0.2, 0.25) is 0 Å². The second kappa shape index (κ2) is 4.70. The molecule has 1 aromatic heterocycles. The highest BCUT2D eigenvalue weighted by atomic mass is 16.5. The van der Waals surface area contributed by atoms with Crippen LogP contribution in [0.15, 0.2) is 0 Å². The van der Waals surface area contributed by atoms with Crippen LogP contribution in [0.1, 0.15) is 42.0 Å². The molecule has 94 valence electrons. The van der Waals surface area contributed by atoms with E-state index in [4.69, 9.17) is 10.5 Å². The maximum Gasteiger partial charge on any atom is 0.160 e. The molecule has 1 aliphatic carbocycles. The van der Waals surface area contributed by atoms with Gasteiger partial charge in [0, 0.05) is 18.5 Å². The highest BCUT2D eigenvalue weighted by Crippen LogP contribution is 2.42. The van der Waals surface area contributed by atoms with Crippen LogP contribution < -0.4 is 5.73 Å². The molecule has 1 aliphatic rings. The quantitative estimate of drug-likeness (QED) is 0.861. The summed E-state index contributed by atoms with van der Waals surface area (Å²) in [7, 11) is 1.75. The molecule has 0 radical (unpaired) electrons. The molecule has 0 amide bonds. The van der Waals surface area contributed by atoms with E-state index in [-0.39, 0.29) is 5.60 Å². The summed E-state index contributed by atoms with van der Waals surface area (Å²) in [6.45, 7) is 4.70. The maximum atomic E-state index is 5.62. The Bertz CT molecular complexity index is 385. The van der Waals surface area contributed by atoms with Crippen LogP contribution in [0.4, 0.5) is 0 Å². The summed E-state index contributed by atoms with van der Waals surface area (Å²) in [5.74, 6) is 0.849. The fraction of sp³-hybridized carbons (Fsp3) is 0.692. The van der Waals surface area contributed by atoms with Crippen LogP contribution in [0, 0.1) is 13.8 Å². The molecule has 1 saturated carbocycles. The van der Waals surface area contributed by atoms with Gasteiger partial charge in [-0.25, -0.2) is 9.97 Å². The van der Waals surface area contributed by atoms with Crippen LogP contribution in [-0.2, 0) is 16.8 Å². The molecule has 2 rings (SSSR count). The molecule has 0 unspecified atom stereocenters. The Kier molecular flexibility index (Phi) is 3.45. The van der Waals surface area contributed by atoms with Gasteiger partial charge in [-0.3, -0.25) is 0 Å². The number of methoxy groups -OCH3 is 1. The standard InChI is InChI=1S/C13H21N3O/c1-9-11(5-8-14)10(2)16-12(15-9)13(17-3)6-4-7-13/h4-8,14H2,1-3H3. The van der Waals surface area contributed by atoms with Crippen molar-refractivity contribution in [1.29, 1.82) is 0 Å². The zero-order valence-corrected chi connectivity index (χ0v) is 10.9. The summed E-state index contributed by atoms with van der Waals surface area (Å²) in [4.78, 5) is 9.25. The van der Waals surface area contributed by atoms with E-state index in [9.17, 15) is 0 Å². The summed E-state index contributed by atoms with van der Waals surface area (Å²) >= 11 is 0. The summed E-state index contributed by atoms with van der Waals surface area (Å²) < 4.78 is 5.62. The summed E-state index contributed by atoms with van der Waals surface area (Å²) in [6, 6.07) is 0. The first kappa shape index (κ1) is 12.5. The predicted octanol–water partition coefficient (Wildman–Crippen LogP) is 1.62. The molecule has 1 fully saturated rings. The van der Waals surface area contributed by atoms with E-state index in [1.165, 1.54) is 12.0 Å². The number of hydrogen-bond acceptors (Lipinski definition) is 4. The molecule has 17 heavy (non-hydrogen) atoms. The molecule has 0 aliphatic heterocycles. The van der Waals surface area contributed by atoms with Gasteiger partial charge in [-0.2, -0.15) is 0 Å². The Morgan fingerprint density at radius 3 is 2.18 bits per heavy atom. The van der Waals surface area contributed by atoms with E-state index >= 15 is 0 Å². The van der Waals surface area contributed by atoms with Gasteiger partial charge >= 0.3 is 0 Å². The fourth-order valence-corrected chi connectivity index (χ4v) is 2.47. The minimum absolute atomic E-state index is 0.225. The third-order valence-corrected chi connectivity index (χ3v) is 3.77. The van der Waals surface area contributed by atoms with E-state index in [1.807, 2.05) is 13.8 Å². The van der Waals surface area contributed by atoms with Crippen molar-refractivity contribution in [2.75, 3.05) is 13.7 Å². The smallest absolute Gasteiger partial charge is 0.160 e. The second-order valence-corrected chi connectivity index (χ2v) is 4.79. The Hall–Kier alpha value is -1.00. The minimum atomic E-state index is -0.225. The van der Waals surface area contributed by atoms with Crippen molar-refractivity contribution in [2.45, 2.75) is 45.1 Å². The molecule has 0 aromatic carbocycles. The molecule has 2 N–H and O–H groups in total. The van der Waals surface area contributed by atoms with Crippen molar-refractivity contribution >= 4 is 0 Å². The molecule has 4 heteroatoms. The van der Waals surface area contributed by atoms with Crippen LogP contribution in [0.2, 0.25) is 0 Å². The van der Waals surface area contributed by atoms with Gasteiger partial charge in [0.05, 0.1) is 0 Å². The summed E-state index contributed by atoms with van der Waals surface area (Å²) in [5.41, 5.74) is 8.65. The summed E-state index contributed by atoms with van der Waals surface area (Å²) in [5, 5.41) is 0. The van der Waals surface area contributed by atoms with Crippen molar-refractivity contribution in [3.05, 3.63) is 22.8 Å². The van der Waals surface area contributed by atoms with E-state index in [1.54, 1.807) is 7.11 Å². The van der Waals surface area contributed by atoms with Crippen molar-refractivity contribution in [2.24, 2.45) is 5.73 Å². The van der Waals surface area contributed by atoms with Crippen molar-refractivity contribution < 1.29 is 4.74 Å². The van der Waals surface area contributed by atoms with Crippen LogP contribution in [0.5, 0.6) is 0 Å². The minimum Gasteiger partial charge on any atom is -0.370 e. The van der Waals surface area contributed by atoms with Crippen molar-refractivity contribution in [3.8, 4) is 0 Å². The van der Waals surface area contributed by atoms with Crippen LogP contribution in [0.25, 0.3) is 0 Å². The van der Waals surface area contributed by atoms with Crippen molar-refractivity contribution in [3.63, 3.8) is 0 Å². The summed E-state index contributed by atoms with van der Waals surface area (Å²) in [6.07, 6.45) is 4.09. The number of ether oxygens (including phenoxy) is 1. The van der Waals surface area contributed by atoms with Gasteiger partial charge in [0.15, 0.2) is 5.82 Å². The maximum absolute atomic E-state index is 5.62. The fourth-order valence-electron chi connectivity index (χ4n) is 2.47. The SMILES string of the molecule is COC1(c2nc(C)c(CCN)c(C)n2)CCC1. The lowest BCUT2D eigenvalue weighted by atomic mass is 9.79. The van der Waals surface area contributed by atoms with Gasteiger partial charge < -0.3 is 10.5 Å². The van der Waals surface area contributed by atoms with Crippen LogP contribution in [0.3, 0.4) is 0 Å². The Balaban J connectivity index is 2.38. The predicted molar refractivity (Wildman–Crippen MR) is 66.8 cm³/mol. The number of hydrogen-bond donors (Lipinski definition) is 1. The number of aryl methyl sites for hydroxylation is 2. The van der Waals surface area contributed by atoms with E-state index in [0.717, 1.165) is 36.5 Å². The molecule has 4 nitrogen and oxygen atoms in total. The van der Waals surface area contributed by atoms with E-state index in [0.29, 0.717) is 6.54 Å². The molecule has 1 heterocycles. The van der Waals surface area contributed by atoms with Gasteiger partial charge in [-0.15, -0.1) is 0 Å². The van der Waals surface area contributed by atoms with E-state index in [2.05, 4.69) is 9.97 Å². The third kappa shape index (κ3) is 2.07. The van der Waals surface area contributed by atoms with Gasteiger partial charge in [-0.1, -0.05) is 0 Å². The first-order chi connectivity index (χ1) is 8.13. The molecule has 0 saturated heterocycles. The number of rotatable bonds is 4. The molecule has 0 spiro atoms. The monoisotopic (exact) mass is 235 g/mol. The first-order valence-electron chi connectivity index (χ1n) is 6.23. The van der Waals surface area contributed by atoms with Gasteiger partial charge in [0.25, 0.3) is 0 Å². The highest BCUT2D eigenvalue weighted by molar-refractivity contribution is 5.26. The third-order valence-electron chi connectivity index (χ3n) is 3.77. The molecule has 0 atom stereocenters. The second-order valence-electron chi connectivity index (χ2n) is 4.79. The molecular weight excluding hydrogens is 214 g/mol. The van der Waals surface area contributed by atoms with Crippen LogP contribution >= 0.6 is 0 Å². The number of nitrogens with zero attached hydrogens (tertiary/aromatic N) is 2. The lowest BCUT2D eigenvalue weighted by Crippen LogP contribution is -2.38. The average molecular weight is 235 g/mol. The molecule has 1 aromatic rings. The number of aromatic nitrogens is 2. The Morgan fingerprint density at radius 2 is 1.82 bits per heavy atom. The average Bonchev–Trinajstić information content (AvgIpc) is 2.23. The Labute approximate surface area is 103 Å². The largest absolute Gasteiger partial charge is 0.370 e. The zero-order valence-electron chi connectivity index (χ0n) is 10.9. The normalized spacial score (nSPS) is 17.9. The Morgan fingerprint density at radius 1 is 1.24 bits per heavy atom. The lowest BCUT2D eigenvalue weighted by Gasteiger charge is -2.39. The van der Waals surface area contributed by atoms with Gasteiger partial charge in [0.1, 0.15) is 5.60 Å². The number of nitrogens with two attached hydrogens (primary N) is 1. The molecular formula is C13H21N3O. The zero-order chi connectivity index (χ0) is 12.5. The van der Waals surface area contributed by atoms with Crippen LogP contribution in [-0.4, -0.2) is 23.6 Å². The van der Waals surface area contributed by atoms with Crippen molar-refractivity contribution in [1.82, 2.24) is 9.97 Å². The lowest BCUT2D eigenvalue weighted by molar-refractivity contribution is -0.0848. The first-order valence-corrected chi connectivity index (χ1v) is 6.23. The van der Waals surface area contributed by atoms with Gasteiger partial charge in [-0.05, 0) is 51.6 Å².